The monoisotopic (exact) mass is 497 g/mol. The second kappa shape index (κ2) is 11.9. The standard InChI is InChI=1S/C31H39N5O/c1-24-12-13-32-30(20-24)28-22-27(36-16-4-3-5-17-36)10-11-29(28)33-31(37)26-9-6-8-25(21-26)23-35-15-7-14-34(2)18-19-35/h6,8-13,20-22H,3-5,7,14-19,23H2,1-2H3,(H,33,37). The Bertz CT molecular complexity index is 1220. The number of likely N-dealkylation sites (N-methyl/N-ethyl adjacent to an activating group) is 1. The fourth-order valence-corrected chi connectivity index (χ4v) is 5.41. The summed E-state index contributed by atoms with van der Waals surface area (Å²) in [6.07, 6.45) is 6.76. The Morgan fingerprint density at radius 1 is 0.892 bits per heavy atom. The van der Waals surface area contributed by atoms with Crippen molar-refractivity contribution in [3.8, 4) is 11.3 Å². The van der Waals surface area contributed by atoms with Gasteiger partial charge in [-0.3, -0.25) is 14.7 Å². The van der Waals surface area contributed by atoms with Crippen LogP contribution in [0.4, 0.5) is 11.4 Å². The number of hydrogen-bond acceptors (Lipinski definition) is 5. The van der Waals surface area contributed by atoms with Crippen molar-refractivity contribution < 1.29 is 4.79 Å². The van der Waals surface area contributed by atoms with E-state index in [2.05, 4.69) is 63.2 Å². The van der Waals surface area contributed by atoms with Crippen LogP contribution in [0.15, 0.2) is 60.8 Å². The van der Waals surface area contributed by atoms with E-state index in [9.17, 15) is 4.79 Å². The molecule has 5 rings (SSSR count). The van der Waals surface area contributed by atoms with Gasteiger partial charge in [0.1, 0.15) is 0 Å². The van der Waals surface area contributed by atoms with Gasteiger partial charge in [0.05, 0.1) is 11.4 Å². The number of aryl methyl sites for hydroxylation is 1. The van der Waals surface area contributed by atoms with Crippen molar-refractivity contribution in [3.63, 3.8) is 0 Å². The highest BCUT2D eigenvalue weighted by Crippen LogP contribution is 2.33. The van der Waals surface area contributed by atoms with Crippen molar-refractivity contribution >= 4 is 17.3 Å². The lowest BCUT2D eigenvalue weighted by Crippen LogP contribution is -2.29. The minimum atomic E-state index is -0.0860. The lowest BCUT2D eigenvalue weighted by Gasteiger charge is -2.29. The Hall–Kier alpha value is -3.22. The number of nitrogens with one attached hydrogen (secondary N) is 1. The maximum Gasteiger partial charge on any atom is 0.255 e. The average molecular weight is 498 g/mol. The fourth-order valence-electron chi connectivity index (χ4n) is 5.41. The molecule has 0 radical (unpaired) electrons. The summed E-state index contributed by atoms with van der Waals surface area (Å²) in [6, 6.07) is 18.5. The molecule has 2 saturated heterocycles. The van der Waals surface area contributed by atoms with Crippen molar-refractivity contribution in [3.05, 3.63) is 77.5 Å². The van der Waals surface area contributed by atoms with E-state index in [4.69, 9.17) is 0 Å². The highest BCUT2D eigenvalue weighted by atomic mass is 16.1. The first-order valence-electron chi connectivity index (χ1n) is 13.7. The van der Waals surface area contributed by atoms with Crippen LogP contribution < -0.4 is 10.2 Å². The number of amides is 1. The zero-order valence-corrected chi connectivity index (χ0v) is 22.2. The summed E-state index contributed by atoms with van der Waals surface area (Å²) in [7, 11) is 2.19. The van der Waals surface area contributed by atoms with Crippen molar-refractivity contribution in [1.29, 1.82) is 0 Å². The molecule has 1 aromatic heterocycles. The molecule has 0 bridgehead atoms. The summed E-state index contributed by atoms with van der Waals surface area (Å²) in [4.78, 5) is 25.4. The Morgan fingerprint density at radius 2 is 1.76 bits per heavy atom. The van der Waals surface area contributed by atoms with Crippen LogP contribution in [-0.2, 0) is 6.54 Å². The fraction of sp³-hybridized carbons (Fsp3) is 0.419. The van der Waals surface area contributed by atoms with Crippen LogP contribution in [0.1, 0.15) is 47.2 Å². The van der Waals surface area contributed by atoms with Crippen LogP contribution in [0.2, 0.25) is 0 Å². The molecule has 6 heteroatoms. The number of benzene rings is 2. The molecule has 0 unspecified atom stereocenters. The van der Waals surface area contributed by atoms with E-state index in [1.165, 1.54) is 36.9 Å². The molecular weight excluding hydrogens is 458 g/mol. The van der Waals surface area contributed by atoms with Crippen LogP contribution in [0.5, 0.6) is 0 Å². The highest BCUT2D eigenvalue weighted by Gasteiger charge is 2.17. The number of carbonyl (C=O) groups excluding carboxylic acids is 1. The predicted molar refractivity (Wildman–Crippen MR) is 152 cm³/mol. The molecule has 6 nitrogen and oxygen atoms in total. The lowest BCUT2D eigenvalue weighted by atomic mass is 10.0. The Morgan fingerprint density at radius 3 is 2.59 bits per heavy atom. The Kier molecular flexibility index (Phi) is 8.17. The third kappa shape index (κ3) is 6.56. The van der Waals surface area contributed by atoms with E-state index in [1.807, 2.05) is 36.5 Å². The molecule has 3 heterocycles. The van der Waals surface area contributed by atoms with Crippen molar-refractivity contribution in [1.82, 2.24) is 14.8 Å². The van der Waals surface area contributed by atoms with Crippen LogP contribution in [0, 0.1) is 6.92 Å². The van der Waals surface area contributed by atoms with Gasteiger partial charge in [-0.1, -0.05) is 12.1 Å². The summed E-state index contributed by atoms with van der Waals surface area (Å²) in [5.74, 6) is -0.0860. The molecule has 2 fully saturated rings. The first-order valence-corrected chi connectivity index (χ1v) is 13.7. The number of piperidine rings is 1. The molecule has 1 amide bonds. The predicted octanol–water partition coefficient (Wildman–Crippen LogP) is 5.44. The molecule has 0 atom stereocenters. The third-order valence-corrected chi connectivity index (χ3v) is 7.57. The molecule has 3 aromatic rings. The zero-order chi connectivity index (χ0) is 25.6. The van der Waals surface area contributed by atoms with Gasteiger partial charge in [0, 0.05) is 55.7 Å². The van der Waals surface area contributed by atoms with Gasteiger partial charge in [-0.25, -0.2) is 0 Å². The van der Waals surface area contributed by atoms with E-state index in [0.29, 0.717) is 5.56 Å². The Labute approximate surface area is 221 Å². The molecule has 2 aliphatic heterocycles. The van der Waals surface area contributed by atoms with Gasteiger partial charge in [0.25, 0.3) is 5.91 Å². The first-order chi connectivity index (χ1) is 18.0. The molecule has 37 heavy (non-hydrogen) atoms. The summed E-state index contributed by atoms with van der Waals surface area (Å²) in [5.41, 5.74) is 6.86. The molecule has 0 saturated carbocycles. The smallest absolute Gasteiger partial charge is 0.255 e. The van der Waals surface area contributed by atoms with Gasteiger partial charge in [-0.05, 0) is 106 Å². The average Bonchev–Trinajstić information content (AvgIpc) is 3.13. The van der Waals surface area contributed by atoms with E-state index in [-0.39, 0.29) is 5.91 Å². The van der Waals surface area contributed by atoms with Gasteiger partial charge < -0.3 is 15.1 Å². The van der Waals surface area contributed by atoms with Gasteiger partial charge in [-0.15, -0.1) is 0 Å². The first kappa shape index (κ1) is 25.4. The number of rotatable bonds is 6. The number of aromatic nitrogens is 1. The normalized spacial score (nSPS) is 17.4. The second-order valence-electron chi connectivity index (χ2n) is 10.6. The number of anilines is 2. The number of hydrogen-bond donors (Lipinski definition) is 1. The van der Waals surface area contributed by atoms with E-state index in [0.717, 1.165) is 68.3 Å². The van der Waals surface area contributed by atoms with E-state index >= 15 is 0 Å². The molecule has 2 aliphatic rings. The molecule has 194 valence electrons. The number of carbonyl (C=O) groups is 1. The summed E-state index contributed by atoms with van der Waals surface area (Å²) < 4.78 is 0. The minimum absolute atomic E-state index is 0.0860. The van der Waals surface area contributed by atoms with Gasteiger partial charge in [-0.2, -0.15) is 0 Å². The number of nitrogens with zero attached hydrogens (tertiary/aromatic N) is 4. The maximum atomic E-state index is 13.4. The number of pyridine rings is 1. The van der Waals surface area contributed by atoms with Gasteiger partial charge >= 0.3 is 0 Å². The Balaban J connectivity index is 1.37. The van der Waals surface area contributed by atoms with Crippen LogP contribution in [-0.4, -0.2) is 67.0 Å². The summed E-state index contributed by atoms with van der Waals surface area (Å²) in [6.45, 7) is 9.49. The van der Waals surface area contributed by atoms with Crippen LogP contribution >= 0.6 is 0 Å². The van der Waals surface area contributed by atoms with Crippen LogP contribution in [0.25, 0.3) is 11.3 Å². The topological polar surface area (TPSA) is 51.7 Å². The highest BCUT2D eigenvalue weighted by molar-refractivity contribution is 6.06. The SMILES string of the molecule is Cc1ccnc(-c2cc(N3CCCCC3)ccc2NC(=O)c2cccc(CN3CCCN(C)CC3)c2)c1. The molecule has 0 spiro atoms. The molecular formula is C31H39N5O. The van der Waals surface area contributed by atoms with Crippen molar-refractivity contribution in [2.45, 2.75) is 39.2 Å². The second-order valence-corrected chi connectivity index (χ2v) is 10.6. The third-order valence-electron chi connectivity index (χ3n) is 7.57. The molecule has 2 aromatic carbocycles. The van der Waals surface area contributed by atoms with Gasteiger partial charge in [0.15, 0.2) is 0 Å². The molecule has 0 aliphatic carbocycles. The zero-order valence-electron chi connectivity index (χ0n) is 22.2. The van der Waals surface area contributed by atoms with Crippen LogP contribution in [0.3, 0.4) is 0 Å². The van der Waals surface area contributed by atoms with Crippen molar-refractivity contribution in [2.24, 2.45) is 0 Å². The minimum Gasteiger partial charge on any atom is -0.372 e. The van der Waals surface area contributed by atoms with Gasteiger partial charge in [0.2, 0.25) is 0 Å². The quantitative estimate of drug-likeness (QED) is 0.492. The van der Waals surface area contributed by atoms with E-state index < -0.39 is 0 Å². The molecule has 1 N–H and O–H groups in total. The van der Waals surface area contributed by atoms with Crippen molar-refractivity contribution in [2.75, 3.05) is 56.5 Å². The summed E-state index contributed by atoms with van der Waals surface area (Å²) >= 11 is 0. The maximum absolute atomic E-state index is 13.4. The lowest BCUT2D eigenvalue weighted by molar-refractivity contribution is 0.102. The largest absolute Gasteiger partial charge is 0.372 e. The van der Waals surface area contributed by atoms with E-state index in [1.54, 1.807) is 0 Å². The summed E-state index contributed by atoms with van der Waals surface area (Å²) in [5, 5.41) is 3.20.